The summed E-state index contributed by atoms with van der Waals surface area (Å²) >= 11 is 0. The Morgan fingerprint density at radius 2 is 2.16 bits per heavy atom. The molecule has 8 nitrogen and oxygen atoms in total. The third kappa shape index (κ3) is 4.36. The van der Waals surface area contributed by atoms with Crippen LogP contribution in [-0.4, -0.2) is 70.5 Å². The summed E-state index contributed by atoms with van der Waals surface area (Å²) in [6.07, 6.45) is 3.17. The fourth-order valence-corrected chi connectivity index (χ4v) is 3.35. The zero-order valence-corrected chi connectivity index (χ0v) is 15.2. The van der Waals surface area contributed by atoms with Crippen molar-refractivity contribution in [3.05, 3.63) is 11.7 Å². The second-order valence-electron chi connectivity index (χ2n) is 7.39. The van der Waals surface area contributed by atoms with Crippen LogP contribution in [0.5, 0.6) is 0 Å². The van der Waals surface area contributed by atoms with Crippen LogP contribution in [0.4, 0.5) is 0 Å². The van der Waals surface area contributed by atoms with Gasteiger partial charge in [0.25, 0.3) is 0 Å². The molecule has 2 amide bonds. The van der Waals surface area contributed by atoms with Gasteiger partial charge in [0, 0.05) is 51.0 Å². The molecule has 2 atom stereocenters. The van der Waals surface area contributed by atoms with Gasteiger partial charge in [-0.05, 0) is 12.8 Å². The van der Waals surface area contributed by atoms with Crippen molar-refractivity contribution in [1.29, 1.82) is 0 Å². The van der Waals surface area contributed by atoms with E-state index in [4.69, 9.17) is 4.52 Å². The summed E-state index contributed by atoms with van der Waals surface area (Å²) < 4.78 is 5.17. The van der Waals surface area contributed by atoms with E-state index in [-0.39, 0.29) is 30.3 Å². The van der Waals surface area contributed by atoms with E-state index in [0.29, 0.717) is 43.7 Å². The van der Waals surface area contributed by atoms with Crippen LogP contribution in [0.1, 0.15) is 50.7 Å². The molecule has 0 radical (unpaired) electrons. The maximum absolute atomic E-state index is 12.5. The van der Waals surface area contributed by atoms with Gasteiger partial charge >= 0.3 is 0 Å². The number of nitrogens with zero attached hydrogens (tertiary/aromatic N) is 4. The molecular weight excluding hydrogens is 322 g/mol. The number of rotatable bonds is 6. The van der Waals surface area contributed by atoms with Gasteiger partial charge in [0.2, 0.25) is 17.7 Å². The molecule has 2 unspecified atom stereocenters. The lowest BCUT2D eigenvalue weighted by Crippen LogP contribution is -2.44. The predicted octanol–water partition coefficient (Wildman–Crippen LogP) is 0.547. The van der Waals surface area contributed by atoms with Gasteiger partial charge in [-0.1, -0.05) is 19.0 Å². The summed E-state index contributed by atoms with van der Waals surface area (Å²) in [6.45, 7) is 5.25. The van der Waals surface area contributed by atoms with Gasteiger partial charge in [0.05, 0.1) is 6.54 Å². The summed E-state index contributed by atoms with van der Waals surface area (Å²) in [5.74, 6) is 1.43. The largest absolute Gasteiger partial charge is 0.344 e. The number of amides is 2. The van der Waals surface area contributed by atoms with Crippen molar-refractivity contribution >= 4 is 11.8 Å². The molecule has 0 spiro atoms. The zero-order valence-electron chi connectivity index (χ0n) is 15.2. The molecule has 1 aromatic rings. The normalized spacial score (nSPS) is 23.2. The molecule has 2 saturated heterocycles. The van der Waals surface area contributed by atoms with Crippen LogP contribution in [0.2, 0.25) is 0 Å². The average molecular weight is 349 g/mol. The number of fused-ring (bicyclic) bond motifs is 2. The maximum atomic E-state index is 12.5. The number of hydrogen-bond donors (Lipinski definition) is 1. The van der Waals surface area contributed by atoms with Crippen LogP contribution in [0, 0.1) is 0 Å². The van der Waals surface area contributed by atoms with Crippen LogP contribution in [-0.2, 0) is 16.0 Å². The first-order valence-corrected chi connectivity index (χ1v) is 9.02. The second-order valence-corrected chi connectivity index (χ2v) is 7.39. The lowest BCUT2D eigenvalue weighted by Gasteiger charge is -2.26. The Balaban J connectivity index is 1.49. The molecule has 0 saturated carbocycles. The Bertz CT molecular complexity index is 630. The van der Waals surface area contributed by atoms with E-state index < -0.39 is 0 Å². The summed E-state index contributed by atoms with van der Waals surface area (Å²) in [7, 11) is 1.75. The van der Waals surface area contributed by atoms with E-state index in [1.165, 1.54) is 0 Å². The highest BCUT2D eigenvalue weighted by Gasteiger charge is 2.34. The average Bonchev–Trinajstić information content (AvgIpc) is 3.17. The quantitative estimate of drug-likeness (QED) is 0.806. The van der Waals surface area contributed by atoms with Gasteiger partial charge in [0.1, 0.15) is 0 Å². The van der Waals surface area contributed by atoms with Crippen molar-refractivity contribution in [2.45, 2.75) is 57.5 Å². The number of aromatic nitrogens is 2. The van der Waals surface area contributed by atoms with Gasteiger partial charge < -0.3 is 19.6 Å². The summed E-state index contributed by atoms with van der Waals surface area (Å²) in [6, 6.07) is 0.604. The topological polar surface area (TPSA) is 91.6 Å². The second kappa shape index (κ2) is 7.51. The molecule has 3 rings (SSSR count). The van der Waals surface area contributed by atoms with Gasteiger partial charge in [-0.2, -0.15) is 4.98 Å². The van der Waals surface area contributed by atoms with Gasteiger partial charge in [-0.15, -0.1) is 0 Å². The van der Waals surface area contributed by atoms with Gasteiger partial charge in [-0.3, -0.25) is 9.59 Å². The molecule has 8 heteroatoms. The Morgan fingerprint density at radius 3 is 2.88 bits per heavy atom. The summed E-state index contributed by atoms with van der Waals surface area (Å²) in [5.41, 5.74) is 0. The van der Waals surface area contributed by atoms with Gasteiger partial charge in [0.15, 0.2) is 5.82 Å². The molecule has 1 aromatic heterocycles. The molecule has 138 valence electrons. The third-order valence-electron chi connectivity index (χ3n) is 4.95. The van der Waals surface area contributed by atoms with Crippen LogP contribution in [0.3, 0.4) is 0 Å². The zero-order chi connectivity index (χ0) is 18.0. The number of likely N-dealkylation sites (tertiary alicyclic amines) is 1. The summed E-state index contributed by atoms with van der Waals surface area (Å²) in [4.78, 5) is 32.4. The Morgan fingerprint density at radius 1 is 1.40 bits per heavy atom. The van der Waals surface area contributed by atoms with Crippen molar-refractivity contribution in [3.8, 4) is 0 Å². The molecule has 3 heterocycles. The Kier molecular flexibility index (Phi) is 5.36. The van der Waals surface area contributed by atoms with Gasteiger partial charge in [-0.25, -0.2) is 0 Å². The molecule has 25 heavy (non-hydrogen) atoms. The van der Waals surface area contributed by atoms with Crippen LogP contribution in [0.25, 0.3) is 0 Å². The molecule has 1 N–H and O–H groups in total. The first kappa shape index (κ1) is 17.8. The smallest absolute Gasteiger partial charge is 0.241 e. The minimum absolute atomic E-state index is 0.0568. The number of carbonyl (C=O) groups is 2. The minimum Gasteiger partial charge on any atom is -0.344 e. The lowest BCUT2D eigenvalue weighted by atomic mass is 10.1. The predicted molar refractivity (Wildman–Crippen MR) is 90.9 cm³/mol. The SMILES string of the molecule is CC(C)c1nc(CCN(C)C(=O)CN2CC3CCC(CC2=O)N3)no1. The highest BCUT2D eigenvalue weighted by atomic mass is 16.5. The molecule has 0 aliphatic carbocycles. The molecule has 2 bridgehead atoms. The maximum Gasteiger partial charge on any atom is 0.241 e. The first-order valence-electron chi connectivity index (χ1n) is 9.02. The van der Waals surface area contributed by atoms with E-state index >= 15 is 0 Å². The van der Waals surface area contributed by atoms with E-state index in [0.717, 1.165) is 12.8 Å². The molecule has 2 aliphatic rings. The van der Waals surface area contributed by atoms with Crippen molar-refractivity contribution in [2.24, 2.45) is 0 Å². The van der Waals surface area contributed by atoms with Crippen molar-refractivity contribution in [1.82, 2.24) is 25.3 Å². The standard InChI is InChI=1S/C17H27N5O3/c1-11(2)17-19-14(20-25-17)6-7-21(3)16(24)10-22-9-13-5-4-12(18-13)8-15(22)23/h11-13,18H,4-10H2,1-3H3. The van der Waals surface area contributed by atoms with E-state index in [1.807, 2.05) is 13.8 Å². The third-order valence-corrected chi connectivity index (χ3v) is 4.95. The Hall–Kier alpha value is -1.96. The number of hydrogen-bond acceptors (Lipinski definition) is 6. The summed E-state index contributed by atoms with van der Waals surface area (Å²) in [5, 5.41) is 7.40. The highest BCUT2D eigenvalue weighted by molar-refractivity contribution is 5.85. The number of likely N-dealkylation sites (N-methyl/N-ethyl adjacent to an activating group) is 1. The van der Waals surface area contributed by atoms with Crippen molar-refractivity contribution < 1.29 is 14.1 Å². The molecular formula is C17H27N5O3. The van der Waals surface area contributed by atoms with Crippen LogP contribution < -0.4 is 5.32 Å². The fraction of sp³-hybridized carbons (Fsp3) is 0.765. The van der Waals surface area contributed by atoms with Crippen molar-refractivity contribution in [3.63, 3.8) is 0 Å². The first-order chi connectivity index (χ1) is 11.9. The molecule has 2 aliphatic heterocycles. The van der Waals surface area contributed by atoms with Crippen LogP contribution in [0.15, 0.2) is 4.52 Å². The van der Waals surface area contributed by atoms with Crippen LogP contribution >= 0.6 is 0 Å². The van der Waals surface area contributed by atoms with E-state index in [2.05, 4.69) is 15.5 Å². The molecule has 0 aromatic carbocycles. The molecule has 2 fully saturated rings. The monoisotopic (exact) mass is 349 g/mol. The number of nitrogens with one attached hydrogen (secondary N) is 1. The minimum atomic E-state index is -0.0568. The number of carbonyl (C=O) groups excluding carboxylic acids is 2. The Labute approximate surface area is 147 Å². The van der Waals surface area contributed by atoms with E-state index in [9.17, 15) is 9.59 Å². The fourth-order valence-electron chi connectivity index (χ4n) is 3.35. The lowest BCUT2D eigenvalue weighted by molar-refractivity contribution is -0.139. The van der Waals surface area contributed by atoms with E-state index in [1.54, 1.807) is 16.8 Å². The van der Waals surface area contributed by atoms with Crippen molar-refractivity contribution in [2.75, 3.05) is 26.7 Å². The highest BCUT2D eigenvalue weighted by Crippen LogP contribution is 2.21.